The van der Waals surface area contributed by atoms with Gasteiger partial charge in [-0.2, -0.15) is 0 Å². The molecule has 1 N–H and O–H groups in total. The van der Waals surface area contributed by atoms with Crippen LogP contribution >= 0.6 is 0 Å². The van der Waals surface area contributed by atoms with Crippen molar-refractivity contribution in [1.29, 1.82) is 0 Å². The minimum absolute atomic E-state index is 0.200. The van der Waals surface area contributed by atoms with E-state index in [1.54, 1.807) is 12.1 Å². The molecule has 7 heteroatoms. The summed E-state index contributed by atoms with van der Waals surface area (Å²) in [7, 11) is 0. The van der Waals surface area contributed by atoms with Gasteiger partial charge in [0.2, 0.25) is 11.8 Å². The standard InChI is InChI=1S/C17H11F3N2O2/c18-12-6-7-13(16(20)15(12)19)22-14(23)8-11-9-24-17(21-11)10-4-2-1-3-5-10/h1-7,9H,8H2,(H,22,23). The molecule has 0 unspecified atom stereocenters. The molecule has 0 bridgehead atoms. The number of amides is 1. The topological polar surface area (TPSA) is 55.1 Å². The fourth-order valence-corrected chi connectivity index (χ4v) is 2.08. The number of oxazole rings is 1. The van der Waals surface area contributed by atoms with E-state index in [-0.39, 0.29) is 6.42 Å². The van der Waals surface area contributed by atoms with Crippen LogP contribution in [0.15, 0.2) is 53.1 Å². The molecule has 0 fully saturated rings. The summed E-state index contributed by atoms with van der Waals surface area (Å²) in [6, 6.07) is 10.8. The van der Waals surface area contributed by atoms with E-state index in [1.165, 1.54) is 6.26 Å². The molecule has 0 aliphatic heterocycles. The molecule has 4 nitrogen and oxygen atoms in total. The number of carbonyl (C=O) groups is 1. The first-order valence-electron chi connectivity index (χ1n) is 6.98. The lowest BCUT2D eigenvalue weighted by molar-refractivity contribution is -0.115. The number of benzene rings is 2. The number of nitrogens with one attached hydrogen (secondary N) is 1. The van der Waals surface area contributed by atoms with Crippen LogP contribution in [0, 0.1) is 17.5 Å². The Morgan fingerprint density at radius 1 is 1.04 bits per heavy atom. The molecule has 2 aromatic carbocycles. The van der Waals surface area contributed by atoms with Crippen LogP contribution in [0.4, 0.5) is 18.9 Å². The molecule has 24 heavy (non-hydrogen) atoms. The molecular formula is C17H11F3N2O2. The average Bonchev–Trinajstić information content (AvgIpc) is 3.04. The van der Waals surface area contributed by atoms with Gasteiger partial charge in [-0.15, -0.1) is 0 Å². The third-order valence-electron chi connectivity index (χ3n) is 3.22. The summed E-state index contributed by atoms with van der Waals surface area (Å²) in [6.07, 6.45) is 1.11. The number of anilines is 1. The zero-order valence-corrected chi connectivity index (χ0v) is 12.2. The van der Waals surface area contributed by atoms with Crippen LogP contribution in [-0.2, 0) is 11.2 Å². The van der Waals surface area contributed by atoms with E-state index in [0.29, 0.717) is 11.6 Å². The molecule has 3 aromatic rings. The maximum absolute atomic E-state index is 13.5. The van der Waals surface area contributed by atoms with Crippen molar-refractivity contribution >= 4 is 11.6 Å². The van der Waals surface area contributed by atoms with Gasteiger partial charge in [0.25, 0.3) is 0 Å². The van der Waals surface area contributed by atoms with Gasteiger partial charge in [0, 0.05) is 5.56 Å². The van der Waals surface area contributed by atoms with E-state index in [9.17, 15) is 18.0 Å². The molecular weight excluding hydrogens is 321 g/mol. The Balaban J connectivity index is 1.70. The van der Waals surface area contributed by atoms with Crippen molar-refractivity contribution < 1.29 is 22.4 Å². The Bertz CT molecular complexity index is 879. The lowest BCUT2D eigenvalue weighted by Gasteiger charge is -2.06. The number of nitrogens with zero attached hydrogens (tertiary/aromatic N) is 1. The number of hydrogen-bond acceptors (Lipinski definition) is 3. The Morgan fingerprint density at radius 3 is 2.54 bits per heavy atom. The van der Waals surface area contributed by atoms with Crippen molar-refractivity contribution in [2.75, 3.05) is 5.32 Å². The van der Waals surface area contributed by atoms with E-state index < -0.39 is 29.0 Å². The van der Waals surface area contributed by atoms with Gasteiger partial charge in [0.1, 0.15) is 6.26 Å². The second-order valence-corrected chi connectivity index (χ2v) is 4.96. The number of hydrogen-bond donors (Lipinski definition) is 1. The van der Waals surface area contributed by atoms with Crippen LogP contribution in [0.5, 0.6) is 0 Å². The highest BCUT2D eigenvalue weighted by Gasteiger charge is 2.16. The van der Waals surface area contributed by atoms with Crippen LogP contribution in [-0.4, -0.2) is 10.9 Å². The SMILES string of the molecule is O=C(Cc1coc(-c2ccccc2)n1)Nc1ccc(F)c(F)c1F. The molecule has 0 saturated carbocycles. The predicted octanol–water partition coefficient (Wildman–Crippen LogP) is 3.94. The molecule has 1 aromatic heterocycles. The Hall–Kier alpha value is -3.09. The van der Waals surface area contributed by atoms with Gasteiger partial charge >= 0.3 is 0 Å². The van der Waals surface area contributed by atoms with Gasteiger partial charge in [-0.1, -0.05) is 18.2 Å². The summed E-state index contributed by atoms with van der Waals surface area (Å²) in [4.78, 5) is 16.1. The van der Waals surface area contributed by atoms with Gasteiger partial charge < -0.3 is 9.73 Å². The van der Waals surface area contributed by atoms with Crippen molar-refractivity contribution in [1.82, 2.24) is 4.98 Å². The van der Waals surface area contributed by atoms with Gasteiger partial charge in [-0.3, -0.25) is 4.79 Å². The second kappa shape index (κ2) is 6.57. The lowest BCUT2D eigenvalue weighted by Crippen LogP contribution is -2.16. The minimum atomic E-state index is -1.64. The third kappa shape index (κ3) is 3.29. The third-order valence-corrected chi connectivity index (χ3v) is 3.22. The van der Waals surface area contributed by atoms with Crippen LogP contribution in [0.1, 0.15) is 5.69 Å². The Morgan fingerprint density at radius 2 is 1.79 bits per heavy atom. The molecule has 122 valence electrons. The first-order chi connectivity index (χ1) is 11.5. The number of rotatable bonds is 4. The van der Waals surface area contributed by atoms with E-state index in [2.05, 4.69) is 10.3 Å². The van der Waals surface area contributed by atoms with Crippen LogP contribution in [0.25, 0.3) is 11.5 Å². The molecule has 0 spiro atoms. The first kappa shape index (κ1) is 15.8. The zero-order valence-electron chi connectivity index (χ0n) is 12.2. The number of carbonyl (C=O) groups excluding carboxylic acids is 1. The Kier molecular flexibility index (Phi) is 4.33. The molecule has 1 heterocycles. The predicted molar refractivity (Wildman–Crippen MR) is 80.6 cm³/mol. The molecule has 0 atom stereocenters. The van der Waals surface area contributed by atoms with Gasteiger partial charge in [0.15, 0.2) is 17.5 Å². The number of aromatic nitrogens is 1. The summed E-state index contributed by atoms with van der Waals surface area (Å²) >= 11 is 0. The lowest BCUT2D eigenvalue weighted by atomic mass is 10.2. The normalized spacial score (nSPS) is 10.6. The van der Waals surface area contributed by atoms with Gasteiger partial charge in [0.05, 0.1) is 17.8 Å². The monoisotopic (exact) mass is 332 g/mol. The highest BCUT2D eigenvalue weighted by atomic mass is 19.2. The molecule has 0 radical (unpaired) electrons. The summed E-state index contributed by atoms with van der Waals surface area (Å²) in [5.74, 6) is -4.70. The molecule has 0 saturated heterocycles. The average molecular weight is 332 g/mol. The summed E-state index contributed by atoms with van der Waals surface area (Å²) in [5.41, 5.74) is 0.635. The van der Waals surface area contributed by atoms with Gasteiger partial charge in [-0.05, 0) is 24.3 Å². The molecule has 1 amide bonds. The fourth-order valence-electron chi connectivity index (χ4n) is 2.08. The van der Waals surface area contributed by atoms with Crippen LogP contribution in [0.2, 0.25) is 0 Å². The highest BCUT2D eigenvalue weighted by Crippen LogP contribution is 2.21. The summed E-state index contributed by atoms with van der Waals surface area (Å²) < 4.78 is 44.8. The summed E-state index contributed by atoms with van der Waals surface area (Å²) in [6.45, 7) is 0. The van der Waals surface area contributed by atoms with E-state index in [1.807, 2.05) is 18.2 Å². The van der Waals surface area contributed by atoms with Gasteiger partial charge in [-0.25, -0.2) is 18.2 Å². The van der Waals surface area contributed by atoms with E-state index >= 15 is 0 Å². The Labute approximate surface area is 134 Å². The number of halogens is 3. The fraction of sp³-hybridized carbons (Fsp3) is 0.0588. The van der Waals surface area contributed by atoms with Crippen molar-refractivity contribution in [2.45, 2.75) is 6.42 Å². The van der Waals surface area contributed by atoms with E-state index in [0.717, 1.165) is 17.7 Å². The van der Waals surface area contributed by atoms with Crippen molar-refractivity contribution in [2.24, 2.45) is 0 Å². The molecule has 3 rings (SSSR count). The first-order valence-corrected chi connectivity index (χ1v) is 6.98. The quantitative estimate of drug-likeness (QED) is 0.736. The smallest absolute Gasteiger partial charge is 0.230 e. The van der Waals surface area contributed by atoms with Crippen molar-refractivity contribution in [3.8, 4) is 11.5 Å². The zero-order chi connectivity index (χ0) is 17.1. The summed E-state index contributed by atoms with van der Waals surface area (Å²) in [5, 5.41) is 2.17. The van der Waals surface area contributed by atoms with E-state index in [4.69, 9.17) is 4.42 Å². The second-order valence-electron chi connectivity index (χ2n) is 4.96. The highest BCUT2D eigenvalue weighted by molar-refractivity contribution is 5.92. The van der Waals surface area contributed by atoms with Crippen LogP contribution < -0.4 is 5.32 Å². The maximum Gasteiger partial charge on any atom is 0.230 e. The van der Waals surface area contributed by atoms with Crippen molar-refractivity contribution in [3.05, 3.63) is 71.9 Å². The van der Waals surface area contributed by atoms with Crippen molar-refractivity contribution in [3.63, 3.8) is 0 Å². The largest absolute Gasteiger partial charge is 0.444 e. The maximum atomic E-state index is 13.5. The minimum Gasteiger partial charge on any atom is -0.444 e. The van der Waals surface area contributed by atoms with Crippen LogP contribution in [0.3, 0.4) is 0 Å². The molecule has 0 aliphatic carbocycles. The molecule has 0 aliphatic rings.